The fraction of sp³-hybridized carbons (Fsp3) is 0.500. The van der Waals surface area contributed by atoms with Crippen LogP contribution in [-0.2, 0) is 37.7 Å². The van der Waals surface area contributed by atoms with Gasteiger partial charge in [-0.3, -0.25) is 9.59 Å². The summed E-state index contributed by atoms with van der Waals surface area (Å²) in [6, 6.07) is 12.4. The van der Waals surface area contributed by atoms with Gasteiger partial charge in [-0.05, 0) is 41.2 Å². The molecule has 49 heavy (non-hydrogen) atoms. The van der Waals surface area contributed by atoms with Crippen LogP contribution in [0.15, 0.2) is 54.7 Å². The number of carboxylic acids is 1. The quantitative estimate of drug-likeness (QED) is 0.121. The Morgan fingerprint density at radius 2 is 1.63 bits per heavy atom. The Balaban J connectivity index is 1.27. The van der Waals surface area contributed by atoms with Gasteiger partial charge < -0.3 is 46.0 Å². The summed E-state index contributed by atoms with van der Waals surface area (Å²) in [6.07, 6.45) is -0.225. The van der Waals surface area contributed by atoms with Crippen LogP contribution in [0.3, 0.4) is 0 Å². The number of nitrogens with one attached hydrogen (secondary N) is 2. The summed E-state index contributed by atoms with van der Waals surface area (Å²) >= 11 is 0. The summed E-state index contributed by atoms with van der Waals surface area (Å²) < 4.78 is 6.93. The average molecular weight is 682 g/mol. The number of ether oxygens (including phenoxy) is 1. The van der Waals surface area contributed by atoms with Gasteiger partial charge in [-0.15, -0.1) is 5.10 Å². The number of aliphatic carboxylic acids is 1. The van der Waals surface area contributed by atoms with Crippen molar-refractivity contribution in [3.8, 4) is 16.9 Å². The summed E-state index contributed by atoms with van der Waals surface area (Å²) in [7, 11) is 0. The molecule has 2 amide bonds. The molecule has 1 aliphatic heterocycles. The van der Waals surface area contributed by atoms with Crippen LogP contribution >= 0.6 is 0 Å². The van der Waals surface area contributed by atoms with E-state index in [2.05, 4.69) is 20.9 Å². The minimum atomic E-state index is -2.36. The zero-order chi connectivity index (χ0) is 35.1. The predicted molar refractivity (Wildman–Crippen MR) is 173 cm³/mol. The number of hydrogen-bond donors (Lipinski definition) is 8. The number of carbonyl (C=O) groups excluding carboxylic acids is 2. The number of phenols is 1. The Morgan fingerprint density at radius 1 is 0.980 bits per heavy atom. The van der Waals surface area contributed by atoms with Gasteiger partial charge in [0.05, 0.1) is 36.6 Å². The van der Waals surface area contributed by atoms with Crippen molar-refractivity contribution in [1.82, 2.24) is 25.6 Å². The summed E-state index contributed by atoms with van der Waals surface area (Å²) in [5, 5.41) is 75.6. The average Bonchev–Trinajstić information content (AvgIpc) is 3.57. The molecule has 0 spiro atoms. The Bertz CT molecular complexity index is 1580. The van der Waals surface area contributed by atoms with Crippen molar-refractivity contribution in [3.63, 3.8) is 0 Å². The highest BCUT2D eigenvalue weighted by Gasteiger charge is 2.56. The Labute approximate surface area is 282 Å². The molecule has 0 bridgehead atoms. The van der Waals surface area contributed by atoms with E-state index in [1.54, 1.807) is 36.4 Å². The minimum Gasteiger partial charge on any atom is -0.508 e. The van der Waals surface area contributed by atoms with Gasteiger partial charge in [-0.2, -0.15) is 0 Å². The van der Waals surface area contributed by atoms with Crippen LogP contribution in [0.25, 0.3) is 11.1 Å². The summed E-state index contributed by atoms with van der Waals surface area (Å²) in [6.45, 7) is -1.44. The molecule has 8 N–H and O–H groups in total. The van der Waals surface area contributed by atoms with E-state index in [9.17, 15) is 45.0 Å². The van der Waals surface area contributed by atoms with Crippen molar-refractivity contribution in [1.29, 1.82) is 0 Å². The fourth-order valence-corrected chi connectivity index (χ4v) is 6.58. The van der Waals surface area contributed by atoms with Crippen LogP contribution in [0.2, 0.25) is 0 Å². The molecule has 15 nitrogen and oxygen atoms in total. The van der Waals surface area contributed by atoms with Gasteiger partial charge in [-0.1, -0.05) is 73.7 Å². The zero-order valence-corrected chi connectivity index (χ0v) is 26.9. The van der Waals surface area contributed by atoms with Gasteiger partial charge >= 0.3 is 5.97 Å². The summed E-state index contributed by atoms with van der Waals surface area (Å²) in [5.41, 5.74) is 0.603. The number of aromatic hydroxyl groups is 1. The van der Waals surface area contributed by atoms with E-state index in [0.29, 0.717) is 23.6 Å². The fourth-order valence-electron chi connectivity index (χ4n) is 6.58. The van der Waals surface area contributed by atoms with E-state index in [0.717, 1.165) is 41.5 Å². The van der Waals surface area contributed by atoms with Crippen LogP contribution < -0.4 is 10.6 Å². The molecule has 15 heteroatoms. The molecule has 264 valence electrons. The second kappa shape index (κ2) is 15.9. The molecule has 2 fully saturated rings. The molecule has 3 aromatic rings. The van der Waals surface area contributed by atoms with Gasteiger partial charge in [0.1, 0.15) is 24.6 Å². The molecule has 1 saturated carbocycles. The van der Waals surface area contributed by atoms with Crippen molar-refractivity contribution in [3.05, 3.63) is 66.0 Å². The second-order valence-electron chi connectivity index (χ2n) is 12.8. The number of hydrogen-bond acceptors (Lipinski definition) is 11. The molecule has 1 saturated heterocycles. The van der Waals surface area contributed by atoms with Crippen molar-refractivity contribution in [2.24, 2.45) is 5.92 Å². The number of carbonyl (C=O) groups is 3. The van der Waals surface area contributed by atoms with Gasteiger partial charge in [0.15, 0.2) is 0 Å². The molecule has 1 aliphatic carbocycles. The number of phenolic OH excluding ortho intramolecular Hbond substituents is 1. The van der Waals surface area contributed by atoms with E-state index in [-0.39, 0.29) is 12.2 Å². The maximum Gasteiger partial charge on any atom is 0.359 e. The van der Waals surface area contributed by atoms with Crippen molar-refractivity contribution >= 4 is 17.8 Å². The number of aromatic nitrogens is 3. The first-order valence-corrected chi connectivity index (χ1v) is 16.4. The molecule has 1 aromatic heterocycles. The number of rotatable bonds is 13. The van der Waals surface area contributed by atoms with Gasteiger partial charge in [0, 0.05) is 13.0 Å². The van der Waals surface area contributed by atoms with Crippen molar-refractivity contribution < 1.29 is 49.8 Å². The minimum absolute atomic E-state index is 0.0515. The predicted octanol–water partition coefficient (Wildman–Crippen LogP) is 0.218. The monoisotopic (exact) mass is 681 g/mol. The van der Waals surface area contributed by atoms with Crippen molar-refractivity contribution in [2.45, 2.75) is 87.5 Å². The van der Waals surface area contributed by atoms with Crippen LogP contribution in [0.1, 0.15) is 49.8 Å². The first-order chi connectivity index (χ1) is 23.5. The number of aliphatic hydroxyl groups is 4. The van der Waals surface area contributed by atoms with E-state index >= 15 is 0 Å². The largest absolute Gasteiger partial charge is 0.508 e. The van der Waals surface area contributed by atoms with Crippen molar-refractivity contribution in [2.75, 3.05) is 13.2 Å². The third-order valence-electron chi connectivity index (χ3n) is 9.28. The number of aliphatic hydroxyl groups excluding tert-OH is 4. The van der Waals surface area contributed by atoms with Crippen LogP contribution in [0.4, 0.5) is 0 Å². The normalized spacial score (nSPS) is 24.1. The zero-order valence-electron chi connectivity index (χ0n) is 26.9. The SMILES string of the molecule is O=C(Cc1ccc(-c2ccc(O)cc2)cc1)NC[C@@H](O)[C@@H](O)[C@@H]1O[C@](C(=O)O)(n2cc(CC3CCCCC3)nn2)C[C@H](O)[C@H]1NC(=O)CO. The van der Waals surface area contributed by atoms with E-state index < -0.39 is 73.5 Å². The standard InChI is InChI=1S/C34H43N5O10/c40-19-29(45)36-30-26(42)16-34(33(47)48,39-18-24(37-38-39)14-20-4-2-1-3-5-20)49-32(30)31(46)27(43)17-35-28(44)15-21-6-8-22(9-7-21)23-10-12-25(41)13-11-23/h6-13,18,20,26-27,30-32,40-43,46H,1-5,14-17,19H2,(H,35,44)(H,36,45)(H,47,48)/t26-,27+,30+,31+,32+,34+/m0/s1. The highest BCUT2D eigenvalue weighted by atomic mass is 16.6. The van der Waals surface area contributed by atoms with Gasteiger partial charge in [0.25, 0.3) is 5.72 Å². The van der Waals surface area contributed by atoms with Crippen LogP contribution in [0.5, 0.6) is 5.75 Å². The molecule has 0 radical (unpaired) electrons. The molecule has 0 unspecified atom stereocenters. The molecule has 2 heterocycles. The molecule has 6 atom stereocenters. The van der Waals surface area contributed by atoms with E-state index in [4.69, 9.17) is 4.74 Å². The lowest BCUT2D eigenvalue weighted by atomic mass is 9.86. The van der Waals surface area contributed by atoms with Gasteiger partial charge in [0.2, 0.25) is 11.8 Å². The Morgan fingerprint density at radius 3 is 2.27 bits per heavy atom. The first-order valence-electron chi connectivity index (χ1n) is 16.4. The molecule has 2 aliphatic rings. The Hall–Kier alpha value is -4.41. The molecular formula is C34H43N5O10. The molecular weight excluding hydrogens is 638 g/mol. The van der Waals surface area contributed by atoms with E-state index in [1.165, 1.54) is 12.6 Å². The number of amides is 2. The molecule has 5 rings (SSSR count). The van der Waals surface area contributed by atoms with Crippen LogP contribution in [0, 0.1) is 5.92 Å². The highest BCUT2D eigenvalue weighted by molar-refractivity contribution is 5.79. The highest BCUT2D eigenvalue weighted by Crippen LogP contribution is 2.36. The summed E-state index contributed by atoms with van der Waals surface area (Å²) in [5.74, 6) is -2.44. The maximum absolute atomic E-state index is 12.8. The van der Waals surface area contributed by atoms with E-state index in [1.807, 2.05) is 12.1 Å². The third kappa shape index (κ3) is 8.61. The number of benzene rings is 2. The smallest absolute Gasteiger partial charge is 0.359 e. The Kier molecular flexibility index (Phi) is 11.6. The summed E-state index contributed by atoms with van der Waals surface area (Å²) in [4.78, 5) is 37.7. The van der Waals surface area contributed by atoms with Gasteiger partial charge in [-0.25, -0.2) is 9.48 Å². The van der Waals surface area contributed by atoms with Crippen LogP contribution in [-0.4, -0.2) is 107 Å². The third-order valence-corrected chi connectivity index (χ3v) is 9.28. The first kappa shape index (κ1) is 35.9. The lowest BCUT2D eigenvalue weighted by Gasteiger charge is -2.46. The molecule has 2 aromatic carbocycles. The lowest BCUT2D eigenvalue weighted by Crippen LogP contribution is -2.68. The second-order valence-corrected chi connectivity index (χ2v) is 12.8. The topological polar surface area (TPSA) is 237 Å². The maximum atomic E-state index is 12.8. The lowest BCUT2D eigenvalue weighted by molar-refractivity contribution is -0.257. The number of nitrogens with zero attached hydrogens (tertiary/aromatic N) is 3. The number of carboxylic acid groups (broad SMARTS) is 1.